The normalized spacial score (nSPS) is 11.9. The number of aliphatic hydroxyl groups is 1. The number of carbonyl (C=O) groups is 3. The molecule has 116 valence electrons. The van der Waals surface area contributed by atoms with Gasteiger partial charge in [0.05, 0.1) is 19.5 Å². The molecular formula is C10H21N2Na3O7. The summed E-state index contributed by atoms with van der Waals surface area (Å²) in [5, 5.41) is 40.0. The van der Waals surface area contributed by atoms with Gasteiger partial charge in [-0.25, -0.2) is 0 Å². The minimum atomic E-state index is -1.21. The molecule has 0 aromatic carbocycles. The Labute approximate surface area is 198 Å². The van der Waals surface area contributed by atoms with Gasteiger partial charge in [0.15, 0.2) is 0 Å². The second-order valence-electron chi connectivity index (χ2n) is 4.07. The molecule has 0 aliphatic carbocycles. The Morgan fingerprint density at radius 1 is 0.909 bits per heavy atom. The molecule has 0 radical (unpaired) electrons. The van der Waals surface area contributed by atoms with Gasteiger partial charge in [-0.1, -0.05) is 0 Å². The van der Waals surface area contributed by atoms with Crippen molar-refractivity contribution in [3.05, 3.63) is 0 Å². The van der Waals surface area contributed by atoms with Crippen LogP contribution in [0, 0.1) is 0 Å². The van der Waals surface area contributed by atoms with E-state index in [4.69, 9.17) is 20.4 Å². The fraction of sp³-hybridized carbons (Fsp3) is 0.700. The van der Waals surface area contributed by atoms with Crippen molar-refractivity contribution in [1.29, 1.82) is 0 Å². The van der Waals surface area contributed by atoms with E-state index in [1.807, 2.05) is 0 Å². The zero-order valence-electron chi connectivity index (χ0n) is 16.3. The second kappa shape index (κ2) is 17.1. The van der Waals surface area contributed by atoms with Crippen LogP contribution in [-0.2, 0) is 14.4 Å². The van der Waals surface area contributed by atoms with Gasteiger partial charge in [0.25, 0.3) is 0 Å². The number of carboxylic acids is 3. The number of nitrogens with one attached hydrogen (secondary N) is 2. The zero-order chi connectivity index (χ0) is 14.9. The molecule has 0 rings (SSSR count). The molecule has 9 nitrogen and oxygen atoms in total. The molecule has 0 aliphatic rings. The van der Waals surface area contributed by atoms with E-state index < -0.39 is 36.4 Å². The molecule has 0 fully saturated rings. The summed E-state index contributed by atoms with van der Waals surface area (Å²) >= 11 is 0. The summed E-state index contributed by atoms with van der Waals surface area (Å²) < 4.78 is 0. The Morgan fingerprint density at radius 2 is 1.41 bits per heavy atom. The number of carboxylic acid groups (broad SMARTS) is 3. The summed E-state index contributed by atoms with van der Waals surface area (Å²) in [6.45, 7) is -1.31. The van der Waals surface area contributed by atoms with Gasteiger partial charge in [-0.3, -0.25) is 19.7 Å². The molecule has 0 bridgehead atoms. The predicted octanol–water partition coefficient (Wildman–Crippen LogP) is -10.7. The SMILES string of the molecule is O=C(O)CNCC(CCO)(CC(=O)O)NCC(=O)O.[H-].[H-].[H-].[Na+].[Na+].[Na+]. The molecule has 0 heterocycles. The zero-order valence-corrected chi connectivity index (χ0v) is 19.3. The van der Waals surface area contributed by atoms with Crippen LogP contribution >= 0.6 is 0 Å². The Hall–Kier alpha value is 1.29. The van der Waals surface area contributed by atoms with Gasteiger partial charge < -0.3 is 30.0 Å². The van der Waals surface area contributed by atoms with Crippen molar-refractivity contribution < 1.29 is 128 Å². The second-order valence-corrected chi connectivity index (χ2v) is 4.07. The first-order chi connectivity index (χ1) is 8.81. The quantitative estimate of drug-likeness (QED) is 0.199. The molecular weight excluding hydrogens is 329 g/mol. The van der Waals surface area contributed by atoms with Crippen molar-refractivity contribution in [3.63, 3.8) is 0 Å². The fourth-order valence-electron chi connectivity index (χ4n) is 1.63. The summed E-state index contributed by atoms with van der Waals surface area (Å²) in [6, 6.07) is 0. The van der Waals surface area contributed by atoms with Crippen LogP contribution < -0.4 is 99.3 Å². The van der Waals surface area contributed by atoms with Crippen LogP contribution in [0.3, 0.4) is 0 Å². The van der Waals surface area contributed by atoms with Gasteiger partial charge in [0.1, 0.15) is 0 Å². The number of hydrogen-bond donors (Lipinski definition) is 6. The molecule has 0 saturated heterocycles. The smallest absolute Gasteiger partial charge is 1.00 e. The van der Waals surface area contributed by atoms with Crippen molar-refractivity contribution in [2.75, 3.05) is 26.2 Å². The molecule has 0 aliphatic heterocycles. The van der Waals surface area contributed by atoms with E-state index in [-0.39, 0.29) is 119 Å². The van der Waals surface area contributed by atoms with E-state index >= 15 is 0 Å². The number of rotatable bonds is 11. The third kappa shape index (κ3) is 16.2. The fourth-order valence-corrected chi connectivity index (χ4v) is 1.63. The van der Waals surface area contributed by atoms with E-state index in [9.17, 15) is 14.4 Å². The van der Waals surface area contributed by atoms with Gasteiger partial charge >= 0.3 is 107 Å². The van der Waals surface area contributed by atoms with E-state index in [1.54, 1.807) is 0 Å². The third-order valence-electron chi connectivity index (χ3n) is 2.43. The maximum Gasteiger partial charge on any atom is 1.00 e. The Morgan fingerprint density at radius 3 is 1.77 bits per heavy atom. The monoisotopic (exact) mass is 350 g/mol. The molecule has 12 heteroatoms. The van der Waals surface area contributed by atoms with Gasteiger partial charge in [0, 0.05) is 18.7 Å². The van der Waals surface area contributed by atoms with Gasteiger partial charge in [-0.05, 0) is 6.42 Å². The average molecular weight is 350 g/mol. The molecule has 0 aromatic rings. The van der Waals surface area contributed by atoms with Crippen LogP contribution in [0.1, 0.15) is 17.1 Å². The summed E-state index contributed by atoms with van der Waals surface area (Å²) in [7, 11) is 0. The summed E-state index contributed by atoms with van der Waals surface area (Å²) in [6.07, 6.45) is -0.452. The first kappa shape index (κ1) is 31.1. The Balaban J connectivity index is -0.000000108. The molecule has 0 spiro atoms. The minimum Gasteiger partial charge on any atom is -1.00 e. The third-order valence-corrected chi connectivity index (χ3v) is 2.43. The van der Waals surface area contributed by atoms with Crippen LogP contribution in [0.15, 0.2) is 0 Å². The predicted molar refractivity (Wildman–Crippen MR) is 66.2 cm³/mol. The molecule has 6 N–H and O–H groups in total. The van der Waals surface area contributed by atoms with E-state index in [0.29, 0.717) is 0 Å². The van der Waals surface area contributed by atoms with Crippen molar-refractivity contribution in [1.82, 2.24) is 10.6 Å². The summed E-state index contributed by atoms with van der Waals surface area (Å²) in [5.41, 5.74) is -1.21. The van der Waals surface area contributed by atoms with Crippen LogP contribution in [0.5, 0.6) is 0 Å². The minimum absolute atomic E-state index is 0. The van der Waals surface area contributed by atoms with Gasteiger partial charge in [-0.2, -0.15) is 0 Å². The first-order valence-corrected chi connectivity index (χ1v) is 5.53. The number of hydrogen-bond acceptors (Lipinski definition) is 6. The van der Waals surface area contributed by atoms with Crippen molar-refractivity contribution in [3.8, 4) is 0 Å². The van der Waals surface area contributed by atoms with E-state index in [0.717, 1.165) is 0 Å². The van der Waals surface area contributed by atoms with Crippen molar-refractivity contribution in [2.24, 2.45) is 0 Å². The standard InChI is InChI=1S/C10H18N2O7.3Na.3H/c13-2-1-10(3-7(14)15,12-5-9(18)19)6-11-4-8(16)17;;;;;;/h11-13H,1-6H2,(H,14,15)(H,16,17)(H,18,19);;;;;;/q;3*+1;3*-1. The van der Waals surface area contributed by atoms with Gasteiger partial charge in [0.2, 0.25) is 0 Å². The van der Waals surface area contributed by atoms with Gasteiger partial charge in [-0.15, -0.1) is 0 Å². The van der Waals surface area contributed by atoms with Crippen LogP contribution in [0.4, 0.5) is 0 Å². The molecule has 1 atom stereocenters. The molecule has 0 amide bonds. The number of aliphatic hydroxyl groups excluding tert-OH is 1. The maximum atomic E-state index is 10.8. The van der Waals surface area contributed by atoms with E-state index in [1.165, 1.54) is 0 Å². The van der Waals surface area contributed by atoms with Crippen LogP contribution in [0.2, 0.25) is 0 Å². The first-order valence-electron chi connectivity index (χ1n) is 5.53. The molecule has 22 heavy (non-hydrogen) atoms. The topological polar surface area (TPSA) is 156 Å². The molecule has 1 unspecified atom stereocenters. The van der Waals surface area contributed by atoms with Crippen molar-refractivity contribution in [2.45, 2.75) is 18.4 Å². The Bertz CT molecular complexity index is 360. The molecule has 0 saturated carbocycles. The van der Waals surface area contributed by atoms with Crippen LogP contribution in [-0.4, -0.2) is 70.1 Å². The van der Waals surface area contributed by atoms with E-state index in [2.05, 4.69) is 10.6 Å². The summed E-state index contributed by atoms with van der Waals surface area (Å²) in [4.78, 5) is 31.7. The Kier molecular flexibility index (Phi) is 24.2. The summed E-state index contributed by atoms with van der Waals surface area (Å²) in [5.74, 6) is -3.47. The average Bonchev–Trinajstić information content (AvgIpc) is 2.25. The molecule has 0 aromatic heterocycles. The maximum absolute atomic E-state index is 10.8. The number of aliphatic carboxylic acids is 3. The van der Waals surface area contributed by atoms with Crippen molar-refractivity contribution >= 4 is 17.9 Å². The van der Waals surface area contributed by atoms with Crippen LogP contribution in [0.25, 0.3) is 0 Å². The largest absolute Gasteiger partial charge is 1.00 e.